The zero-order chi connectivity index (χ0) is 33.8. The van der Waals surface area contributed by atoms with Crippen molar-refractivity contribution in [2.24, 2.45) is 17.8 Å². The first-order chi connectivity index (χ1) is 23.3. The van der Waals surface area contributed by atoms with Crippen LogP contribution in [0.4, 0.5) is 23.1 Å². The third-order valence-electron chi connectivity index (χ3n) is 11.3. The smallest absolute Gasteiger partial charge is 0.251 e. The maximum absolute atomic E-state index is 13.4. The highest BCUT2D eigenvalue weighted by atomic mass is 16.5. The first kappa shape index (κ1) is 34.4. The number of hydrazine groups is 1. The number of rotatable bonds is 11. The van der Waals surface area contributed by atoms with Crippen molar-refractivity contribution in [1.29, 1.82) is 0 Å². The average Bonchev–Trinajstić information content (AvgIpc) is 3.92. The second-order valence-corrected chi connectivity index (χ2v) is 14.5. The summed E-state index contributed by atoms with van der Waals surface area (Å²) in [6, 6.07) is 5.31. The summed E-state index contributed by atoms with van der Waals surface area (Å²) < 4.78 is 5.71. The van der Waals surface area contributed by atoms with Crippen LogP contribution in [-0.4, -0.2) is 91.2 Å². The molecule has 0 spiro atoms. The van der Waals surface area contributed by atoms with Crippen molar-refractivity contribution in [3.8, 4) is 5.75 Å². The van der Waals surface area contributed by atoms with Gasteiger partial charge >= 0.3 is 0 Å². The minimum atomic E-state index is -0.346. The van der Waals surface area contributed by atoms with Crippen LogP contribution in [-0.2, 0) is 4.79 Å². The van der Waals surface area contributed by atoms with Crippen molar-refractivity contribution in [3.63, 3.8) is 0 Å². The van der Waals surface area contributed by atoms with Gasteiger partial charge in [-0.3, -0.25) is 14.6 Å². The number of nitrogens with one attached hydrogen (secondary N) is 2. The average molecular weight is 661 g/mol. The number of ether oxygens (including phenoxy) is 1. The van der Waals surface area contributed by atoms with Crippen molar-refractivity contribution in [1.82, 2.24) is 25.2 Å². The molecular weight excluding hydrogens is 604 g/mol. The molecule has 1 unspecified atom stereocenters. The molecule has 262 valence electrons. The molecule has 11 nitrogen and oxygen atoms in total. The number of nitrogens with zero attached hydrogens (tertiary/aromatic N) is 6. The number of methoxy groups -OCH3 is 1. The Morgan fingerprint density at radius 2 is 1.79 bits per heavy atom. The topological polar surface area (TPSA) is 106 Å². The van der Waals surface area contributed by atoms with Crippen LogP contribution in [0, 0.1) is 17.8 Å². The largest absolute Gasteiger partial charge is 0.495 e. The van der Waals surface area contributed by atoms with Gasteiger partial charge in [0.25, 0.3) is 11.8 Å². The molecule has 3 fully saturated rings. The molecule has 2 aliphatic carbocycles. The molecule has 2 saturated carbocycles. The van der Waals surface area contributed by atoms with E-state index in [9.17, 15) is 9.59 Å². The molecule has 3 heterocycles. The third-order valence-corrected chi connectivity index (χ3v) is 11.3. The van der Waals surface area contributed by atoms with Gasteiger partial charge in [0.1, 0.15) is 17.5 Å². The van der Waals surface area contributed by atoms with Crippen molar-refractivity contribution in [2.75, 3.05) is 62.6 Å². The minimum absolute atomic E-state index is 0.0173. The van der Waals surface area contributed by atoms with E-state index in [2.05, 4.69) is 20.5 Å². The molecule has 2 aromatic rings. The zero-order valence-electron chi connectivity index (χ0n) is 29.7. The molecule has 0 radical (unpaired) electrons. The number of hydrogen-bond acceptors (Lipinski definition) is 9. The zero-order valence-corrected chi connectivity index (χ0v) is 29.7. The molecular formula is C37H56N8O3. The van der Waals surface area contributed by atoms with Gasteiger partial charge in [-0.1, -0.05) is 26.7 Å². The fraction of sp³-hybridized carbons (Fsp3) is 0.676. The molecule has 1 aromatic heterocycles. The molecule has 1 saturated heterocycles. The summed E-state index contributed by atoms with van der Waals surface area (Å²) in [6.07, 6.45) is 15.1. The molecule has 6 rings (SSSR count). The van der Waals surface area contributed by atoms with E-state index < -0.39 is 0 Å². The molecule has 2 N–H and O–H groups in total. The van der Waals surface area contributed by atoms with Crippen molar-refractivity contribution < 1.29 is 14.3 Å². The molecule has 4 aliphatic rings. The summed E-state index contributed by atoms with van der Waals surface area (Å²) in [7, 11) is 5.33. The number of hydrogen-bond donors (Lipinski definition) is 2. The molecule has 48 heavy (non-hydrogen) atoms. The Balaban J connectivity index is 1.06. The highest BCUT2D eigenvalue weighted by molar-refractivity contribution is 6.04. The fourth-order valence-electron chi connectivity index (χ4n) is 8.05. The van der Waals surface area contributed by atoms with Crippen molar-refractivity contribution >= 4 is 35.0 Å². The van der Waals surface area contributed by atoms with E-state index in [-0.39, 0.29) is 23.9 Å². The number of carbonyl (C=O) groups excluding carboxylic acids is 2. The lowest BCUT2D eigenvalue weighted by Crippen LogP contribution is -2.58. The van der Waals surface area contributed by atoms with Crippen LogP contribution in [0.1, 0.15) is 94.8 Å². The van der Waals surface area contributed by atoms with E-state index in [1.54, 1.807) is 31.3 Å². The lowest BCUT2D eigenvalue weighted by atomic mass is 9.74. The minimum Gasteiger partial charge on any atom is -0.495 e. The van der Waals surface area contributed by atoms with Crippen LogP contribution in [0.15, 0.2) is 24.4 Å². The fourth-order valence-corrected chi connectivity index (χ4v) is 8.05. The van der Waals surface area contributed by atoms with E-state index in [1.165, 1.54) is 71.0 Å². The summed E-state index contributed by atoms with van der Waals surface area (Å²) in [5.74, 6) is 4.14. The van der Waals surface area contributed by atoms with E-state index in [0.717, 1.165) is 37.1 Å². The standard InChI is InChI=1S/C37H56N8O3/c1-6-31-36(47)43(4)32-23-38-37(41-34(32)45(31)42(3)7-2)40-30-18-15-28(22-33(30)48-5)35(46)39-29-16-13-27(14-17-29)26-10-8-9-20-44(21-19-26)24-25-11-12-25/h15,18,22-23,25-27,29,31H,6-14,16-17,19-21,24H2,1-5H3,(H,39,46)(H,38,40,41)/t26-,27?,29?,31?/m0/s1. The van der Waals surface area contributed by atoms with Crippen LogP contribution < -0.4 is 25.3 Å². The number of carbonyl (C=O) groups is 2. The maximum atomic E-state index is 13.4. The summed E-state index contributed by atoms with van der Waals surface area (Å²) in [5, 5.41) is 10.6. The Morgan fingerprint density at radius 1 is 1.02 bits per heavy atom. The third kappa shape index (κ3) is 7.72. The van der Waals surface area contributed by atoms with Gasteiger partial charge in [0, 0.05) is 38.8 Å². The first-order valence-electron chi connectivity index (χ1n) is 18.4. The van der Waals surface area contributed by atoms with Crippen LogP contribution in [0.2, 0.25) is 0 Å². The lowest BCUT2D eigenvalue weighted by Gasteiger charge is -2.44. The Labute approximate surface area is 286 Å². The molecule has 1 aromatic carbocycles. The number of aromatic nitrogens is 2. The van der Waals surface area contributed by atoms with Crippen LogP contribution in [0.25, 0.3) is 0 Å². The molecule has 2 atom stereocenters. The molecule has 0 bridgehead atoms. The van der Waals surface area contributed by atoms with Gasteiger partial charge in [-0.25, -0.2) is 9.99 Å². The predicted molar refractivity (Wildman–Crippen MR) is 191 cm³/mol. The monoisotopic (exact) mass is 660 g/mol. The van der Waals surface area contributed by atoms with Crippen LogP contribution in [0.3, 0.4) is 0 Å². The van der Waals surface area contributed by atoms with Crippen molar-refractivity contribution in [3.05, 3.63) is 30.0 Å². The molecule has 2 aliphatic heterocycles. The first-order valence-corrected chi connectivity index (χ1v) is 18.4. The summed E-state index contributed by atoms with van der Waals surface area (Å²) in [5.41, 5.74) is 1.89. The van der Waals surface area contributed by atoms with Gasteiger partial charge in [-0.05, 0) is 107 Å². The second-order valence-electron chi connectivity index (χ2n) is 14.5. The Kier molecular flexibility index (Phi) is 11.1. The number of likely N-dealkylation sites (tertiary alicyclic amines) is 1. The number of fused-ring (bicyclic) bond motifs is 1. The van der Waals surface area contributed by atoms with Crippen LogP contribution in [0.5, 0.6) is 5.75 Å². The Bertz CT molecular complexity index is 1430. The maximum Gasteiger partial charge on any atom is 0.251 e. The summed E-state index contributed by atoms with van der Waals surface area (Å²) >= 11 is 0. The van der Waals surface area contributed by atoms with Crippen molar-refractivity contribution in [2.45, 2.75) is 96.6 Å². The van der Waals surface area contributed by atoms with Gasteiger partial charge < -0.3 is 25.2 Å². The number of amides is 2. The Morgan fingerprint density at radius 3 is 2.50 bits per heavy atom. The van der Waals surface area contributed by atoms with Gasteiger partial charge in [0.05, 0.1) is 19.0 Å². The van der Waals surface area contributed by atoms with E-state index >= 15 is 0 Å². The predicted octanol–water partition coefficient (Wildman–Crippen LogP) is 5.85. The molecule has 11 heteroatoms. The SMILES string of the molecule is CCC1C(=O)N(C)c2cnc(Nc3ccc(C(=O)NC4CCC([C@H]5CCCCN(CC6CC6)CC5)CC4)cc3OC)nc2N1N(C)CC. The van der Waals surface area contributed by atoms with E-state index in [4.69, 9.17) is 9.72 Å². The van der Waals surface area contributed by atoms with Gasteiger partial charge in [0.15, 0.2) is 5.82 Å². The number of anilines is 4. The lowest BCUT2D eigenvalue weighted by molar-refractivity contribution is -0.120. The summed E-state index contributed by atoms with van der Waals surface area (Å²) in [6.45, 7) is 8.67. The normalized spacial score (nSPS) is 25.3. The van der Waals surface area contributed by atoms with Crippen LogP contribution >= 0.6 is 0 Å². The second kappa shape index (κ2) is 15.4. The highest BCUT2D eigenvalue weighted by Gasteiger charge is 2.39. The number of likely N-dealkylation sites (N-methyl/N-ethyl adjacent to an activating group) is 1. The molecule has 2 amide bonds. The van der Waals surface area contributed by atoms with E-state index in [0.29, 0.717) is 40.9 Å². The van der Waals surface area contributed by atoms with E-state index in [1.807, 2.05) is 43.0 Å². The van der Waals surface area contributed by atoms with Gasteiger partial charge in [-0.2, -0.15) is 4.98 Å². The highest BCUT2D eigenvalue weighted by Crippen LogP contribution is 2.38. The van der Waals surface area contributed by atoms with Gasteiger partial charge in [-0.15, -0.1) is 0 Å². The van der Waals surface area contributed by atoms with Gasteiger partial charge in [0.2, 0.25) is 5.95 Å². The Hall–Kier alpha value is -3.44. The number of benzene rings is 1. The quantitative estimate of drug-likeness (QED) is 0.307. The summed E-state index contributed by atoms with van der Waals surface area (Å²) in [4.78, 5) is 40.2.